The third-order valence-electron chi connectivity index (χ3n) is 11.8. The molecule has 256 valence electrons. The van der Waals surface area contributed by atoms with Gasteiger partial charge in [0.25, 0.3) is 0 Å². The normalized spacial score (nSPS) is 13.1. The van der Waals surface area contributed by atoms with Crippen LogP contribution >= 0.6 is 0 Å². The Balaban J connectivity index is 1.36. The number of aromatic nitrogens is 1. The predicted molar refractivity (Wildman–Crippen MR) is 223 cm³/mol. The fourth-order valence-electron chi connectivity index (χ4n) is 9.42. The number of furan rings is 1. The van der Waals surface area contributed by atoms with Crippen LogP contribution in [0.1, 0.15) is 76.0 Å². The van der Waals surface area contributed by atoms with Crippen LogP contribution in [0.2, 0.25) is 0 Å². The molecule has 0 fully saturated rings. The lowest BCUT2D eigenvalue weighted by Crippen LogP contribution is -2.56. The number of hydrogen-bond donors (Lipinski definition) is 0. The highest BCUT2D eigenvalue weighted by molar-refractivity contribution is 6.90. The van der Waals surface area contributed by atoms with E-state index in [0.29, 0.717) is 0 Å². The van der Waals surface area contributed by atoms with Crippen molar-refractivity contribution in [2.24, 2.45) is 0 Å². The molecule has 2 aliphatic rings. The van der Waals surface area contributed by atoms with Crippen LogP contribution in [0.5, 0.6) is 0 Å². The van der Waals surface area contributed by atoms with Gasteiger partial charge in [0.2, 0.25) is 0 Å². The third kappa shape index (κ3) is 4.66. The zero-order chi connectivity index (χ0) is 34.9. The fraction of sp³-hybridized carbons (Fsp3) is 0.250. The summed E-state index contributed by atoms with van der Waals surface area (Å²) in [6.45, 7) is 6.91. The van der Waals surface area contributed by atoms with Gasteiger partial charge in [-0.1, -0.05) is 113 Å². The molecule has 2 aliphatic heterocycles. The first-order valence-corrected chi connectivity index (χ1v) is 19.7. The Morgan fingerprint density at radius 2 is 1.27 bits per heavy atom. The molecule has 0 aliphatic carbocycles. The van der Waals surface area contributed by atoms with Crippen LogP contribution in [-0.4, -0.2) is 11.3 Å². The van der Waals surface area contributed by atoms with Crippen molar-refractivity contribution in [1.29, 1.82) is 0 Å². The van der Waals surface area contributed by atoms with Crippen LogP contribution in [0.3, 0.4) is 0 Å². The number of unbranched alkanes of at least 4 members (excludes halogenated alkanes) is 3. The van der Waals surface area contributed by atoms with Gasteiger partial charge in [0.05, 0.1) is 0 Å². The number of aryl methyl sites for hydroxylation is 3. The number of fused-ring (bicyclic) bond motifs is 11. The number of nitrogens with zero attached hydrogens (tertiary/aromatic N) is 2. The Bertz CT molecular complexity index is 2650. The molecule has 0 saturated heterocycles. The van der Waals surface area contributed by atoms with Crippen LogP contribution in [-0.2, 0) is 19.3 Å². The fourth-order valence-corrected chi connectivity index (χ4v) is 9.42. The maximum Gasteiger partial charge on any atom is 0.333 e. The summed E-state index contributed by atoms with van der Waals surface area (Å²) in [5.41, 5.74) is 17.9. The van der Waals surface area contributed by atoms with E-state index < -0.39 is 0 Å². The number of para-hydroxylation sites is 3. The summed E-state index contributed by atoms with van der Waals surface area (Å²) < 4.78 is 9.59. The van der Waals surface area contributed by atoms with Crippen molar-refractivity contribution in [3.63, 3.8) is 0 Å². The largest absolute Gasteiger partial charge is 0.455 e. The van der Waals surface area contributed by atoms with E-state index in [1.54, 1.807) is 0 Å². The van der Waals surface area contributed by atoms with E-state index in [0.717, 1.165) is 30.4 Å². The van der Waals surface area contributed by atoms with Crippen molar-refractivity contribution in [1.82, 2.24) is 4.48 Å². The Hall–Kier alpha value is -5.22. The molecule has 0 amide bonds. The van der Waals surface area contributed by atoms with Crippen LogP contribution in [0, 0.1) is 0 Å². The van der Waals surface area contributed by atoms with E-state index >= 15 is 0 Å². The highest BCUT2D eigenvalue weighted by Gasteiger charge is 2.44. The van der Waals surface area contributed by atoms with Gasteiger partial charge in [-0.3, -0.25) is 0 Å². The summed E-state index contributed by atoms with van der Waals surface area (Å²) in [7, 11) is 0. The first-order valence-electron chi connectivity index (χ1n) is 19.7. The molecule has 4 heteroatoms. The second-order valence-corrected chi connectivity index (χ2v) is 15.2. The SMILES string of the molecule is CCCCc1cc(CCCC)cc(N2c3cc(CCCC)ccc3B3c4c2cc2c(oc5ccccc52)c4-c2cccc4c5ccccc5n3c24)c1. The van der Waals surface area contributed by atoms with Gasteiger partial charge in [-0.25, -0.2) is 0 Å². The molecule has 52 heavy (non-hydrogen) atoms. The molecule has 0 spiro atoms. The Morgan fingerprint density at radius 3 is 2.04 bits per heavy atom. The standard InChI is InChI=1S/C48H45BN2O/c1-4-7-15-31-24-25-40-42(29-31)50(34-27-32(16-8-5-2)26-33(28-34)17-9-6-3)43-30-39-36-19-11-13-23-44(36)52-48(39)45-38-21-14-20-37-35-18-10-12-22-41(35)51(47(37)38)49(40)46(43)45/h10-14,18-30H,4-9,15-17H2,1-3H3. The van der Waals surface area contributed by atoms with Gasteiger partial charge in [0, 0.05) is 60.8 Å². The van der Waals surface area contributed by atoms with Crippen LogP contribution in [0.25, 0.3) is 54.9 Å². The van der Waals surface area contributed by atoms with Crippen molar-refractivity contribution in [2.75, 3.05) is 4.90 Å². The zero-order valence-electron chi connectivity index (χ0n) is 30.6. The summed E-state index contributed by atoms with van der Waals surface area (Å²) in [4.78, 5) is 2.64. The van der Waals surface area contributed by atoms with E-state index in [1.165, 1.54) is 127 Å². The minimum atomic E-state index is 0.00854. The molecule has 0 unspecified atom stereocenters. The molecule has 3 nitrogen and oxygen atoms in total. The molecule has 8 aromatic rings. The van der Waals surface area contributed by atoms with Gasteiger partial charge in [-0.2, -0.15) is 0 Å². The number of anilines is 3. The van der Waals surface area contributed by atoms with Crippen molar-refractivity contribution < 1.29 is 4.42 Å². The molecule has 4 heterocycles. The summed E-state index contributed by atoms with van der Waals surface area (Å²) >= 11 is 0. The van der Waals surface area contributed by atoms with Gasteiger partial charge in [0.1, 0.15) is 11.2 Å². The molecule has 2 aromatic heterocycles. The van der Waals surface area contributed by atoms with E-state index in [9.17, 15) is 0 Å². The van der Waals surface area contributed by atoms with E-state index in [2.05, 4.69) is 139 Å². The zero-order valence-corrected chi connectivity index (χ0v) is 30.6. The van der Waals surface area contributed by atoms with Gasteiger partial charge < -0.3 is 13.8 Å². The Kier molecular flexibility index (Phi) is 7.56. The van der Waals surface area contributed by atoms with Gasteiger partial charge >= 0.3 is 6.85 Å². The van der Waals surface area contributed by atoms with Gasteiger partial charge in [-0.15, -0.1) is 0 Å². The summed E-state index contributed by atoms with van der Waals surface area (Å²) in [5.74, 6) is 0. The van der Waals surface area contributed by atoms with Gasteiger partial charge in [0.15, 0.2) is 0 Å². The average Bonchev–Trinajstić information content (AvgIpc) is 3.73. The average molecular weight is 677 g/mol. The Labute approximate surface area is 307 Å². The molecule has 0 N–H and O–H groups in total. The second-order valence-electron chi connectivity index (χ2n) is 15.2. The van der Waals surface area contributed by atoms with Gasteiger partial charge in [-0.05, 0) is 103 Å². The number of rotatable bonds is 10. The highest BCUT2D eigenvalue weighted by Crippen LogP contribution is 2.49. The molecule has 0 saturated carbocycles. The molecular weight excluding hydrogens is 631 g/mol. The molecular formula is C48H45BN2O. The van der Waals surface area contributed by atoms with Crippen LogP contribution in [0.4, 0.5) is 17.1 Å². The number of benzene rings is 6. The van der Waals surface area contributed by atoms with Crippen LogP contribution in [0.15, 0.2) is 114 Å². The molecule has 6 aromatic carbocycles. The van der Waals surface area contributed by atoms with E-state index in [-0.39, 0.29) is 6.85 Å². The predicted octanol–water partition coefficient (Wildman–Crippen LogP) is 12.1. The van der Waals surface area contributed by atoms with Crippen molar-refractivity contribution in [2.45, 2.75) is 78.6 Å². The van der Waals surface area contributed by atoms with E-state index in [4.69, 9.17) is 4.42 Å². The first-order chi connectivity index (χ1) is 25.7. The number of hydrogen-bond acceptors (Lipinski definition) is 2. The van der Waals surface area contributed by atoms with E-state index in [1.807, 2.05) is 0 Å². The lowest BCUT2D eigenvalue weighted by Gasteiger charge is -2.41. The Morgan fingerprint density at radius 1 is 0.577 bits per heavy atom. The molecule has 0 atom stereocenters. The quantitative estimate of drug-likeness (QED) is 0.134. The molecule has 0 bridgehead atoms. The maximum absolute atomic E-state index is 6.93. The highest BCUT2D eigenvalue weighted by atomic mass is 16.3. The topological polar surface area (TPSA) is 21.3 Å². The van der Waals surface area contributed by atoms with Crippen molar-refractivity contribution in [3.8, 4) is 11.1 Å². The van der Waals surface area contributed by atoms with Crippen LogP contribution < -0.4 is 15.8 Å². The summed E-state index contributed by atoms with van der Waals surface area (Å²) in [5, 5.41) is 4.98. The van der Waals surface area contributed by atoms with Crippen molar-refractivity contribution in [3.05, 3.63) is 126 Å². The lowest BCUT2D eigenvalue weighted by atomic mass is 9.45. The maximum atomic E-state index is 6.93. The lowest BCUT2D eigenvalue weighted by molar-refractivity contribution is 0.670. The minimum absolute atomic E-state index is 0.00854. The minimum Gasteiger partial charge on any atom is -0.455 e. The smallest absolute Gasteiger partial charge is 0.333 e. The van der Waals surface area contributed by atoms with Crippen molar-refractivity contribution >= 4 is 78.6 Å². The molecule has 10 rings (SSSR count). The third-order valence-corrected chi connectivity index (χ3v) is 11.8. The monoisotopic (exact) mass is 676 g/mol. The summed E-state index contributed by atoms with van der Waals surface area (Å²) in [6.07, 6.45) is 10.5. The molecule has 0 radical (unpaired) electrons. The first kappa shape index (κ1) is 31.5. The summed E-state index contributed by atoms with van der Waals surface area (Å²) in [6, 6.07) is 41.8. The second kappa shape index (κ2) is 12.5.